The maximum Gasteiger partial charge on any atom is 0.322 e. The molecule has 0 atom stereocenters. The van der Waals surface area contributed by atoms with Crippen molar-refractivity contribution in [2.24, 2.45) is 11.3 Å². The molecule has 0 radical (unpaired) electrons. The van der Waals surface area contributed by atoms with Crippen LogP contribution in [-0.4, -0.2) is 28.6 Å². The molecule has 7 heteroatoms. The first-order valence-corrected chi connectivity index (χ1v) is 7.01. The Balaban J connectivity index is 2.59. The SMILES string of the molecule is CCCCCC(C)(C)CNc1nc(NN)nc(OC)n1. The lowest BCUT2D eigenvalue weighted by molar-refractivity contribution is 0.341. The lowest BCUT2D eigenvalue weighted by Crippen LogP contribution is -2.24. The number of nitrogens with zero attached hydrogens (tertiary/aromatic N) is 3. The Labute approximate surface area is 120 Å². The molecule has 7 nitrogen and oxygen atoms in total. The number of nitrogens with two attached hydrogens (primary N) is 1. The number of rotatable bonds is 9. The van der Waals surface area contributed by atoms with E-state index in [0.29, 0.717) is 5.95 Å². The van der Waals surface area contributed by atoms with Crippen molar-refractivity contribution in [3.8, 4) is 6.01 Å². The number of aromatic nitrogens is 3. The minimum absolute atomic E-state index is 0.186. The molecule has 0 unspecified atom stereocenters. The van der Waals surface area contributed by atoms with Crippen LogP contribution in [0, 0.1) is 5.41 Å². The van der Waals surface area contributed by atoms with E-state index in [9.17, 15) is 0 Å². The first-order chi connectivity index (χ1) is 9.50. The molecule has 0 bridgehead atoms. The normalized spacial score (nSPS) is 11.2. The smallest absolute Gasteiger partial charge is 0.322 e. The van der Waals surface area contributed by atoms with Gasteiger partial charge < -0.3 is 10.1 Å². The fourth-order valence-corrected chi connectivity index (χ4v) is 1.85. The molecule has 0 aliphatic carbocycles. The van der Waals surface area contributed by atoms with Gasteiger partial charge in [-0.05, 0) is 11.8 Å². The van der Waals surface area contributed by atoms with Crippen LogP contribution in [0.4, 0.5) is 11.9 Å². The van der Waals surface area contributed by atoms with E-state index in [-0.39, 0.29) is 17.4 Å². The summed E-state index contributed by atoms with van der Waals surface area (Å²) in [6.45, 7) is 7.46. The standard InChI is InChI=1S/C13H26N6O/c1-5-6-7-8-13(2,3)9-15-10-16-11(19-14)18-12(17-10)20-4/h5-9,14H2,1-4H3,(H2,15,16,17,18,19). The summed E-state index contributed by atoms with van der Waals surface area (Å²) in [7, 11) is 1.51. The van der Waals surface area contributed by atoms with Gasteiger partial charge in [-0.1, -0.05) is 40.0 Å². The molecule has 20 heavy (non-hydrogen) atoms. The number of ether oxygens (including phenoxy) is 1. The first-order valence-electron chi connectivity index (χ1n) is 7.01. The van der Waals surface area contributed by atoms with E-state index in [1.165, 1.54) is 26.4 Å². The number of nitrogen functional groups attached to an aromatic ring is 1. The third kappa shape index (κ3) is 5.56. The molecule has 0 saturated carbocycles. The molecular weight excluding hydrogens is 256 g/mol. The number of hydrogen-bond donors (Lipinski definition) is 3. The summed E-state index contributed by atoms with van der Waals surface area (Å²) in [4.78, 5) is 12.3. The van der Waals surface area contributed by atoms with Gasteiger partial charge in [0, 0.05) is 6.54 Å². The van der Waals surface area contributed by atoms with Crippen LogP contribution in [0.2, 0.25) is 0 Å². The summed E-state index contributed by atoms with van der Waals surface area (Å²) in [6, 6.07) is 0.235. The van der Waals surface area contributed by atoms with Crippen molar-refractivity contribution in [2.75, 3.05) is 24.4 Å². The number of unbranched alkanes of at least 4 members (excludes halogenated alkanes) is 2. The molecule has 0 fully saturated rings. The van der Waals surface area contributed by atoms with Crippen molar-refractivity contribution >= 4 is 11.9 Å². The van der Waals surface area contributed by atoms with Gasteiger partial charge in [-0.2, -0.15) is 15.0 Å². The van der Waals surface area contributed by atoms with Crippen LogP contribution in [0.3, 0.4) is 0 Å². The van der Waals surface area contributed by atoms with E-state index in [0.717, 1.165) is 13.0 Å². The Morgan fingerprint density at radius 2 is 1.85 bits per heavy atom. The molecule has 1 heterocycles. The van der Waals surface area contributed by atoms with Gasteiger partial charge in [0.2, 0.25) is 11.9 Å². The molecule has 1 aromatic heterocycles. The number of hydrazine groups is 1. The fraction of sp³-hybridized carbons (Fsp3) is 0.769. The molecule has 0 amide bonds. The maximum atomic E-state index is 5.32. The second-order valence-electron chi connectivity index (χ2n) is 5.59. The van der Waals surface area contributed by atoms with Crippen LogP contribution in [0.5, 0.6) is 6.01 Å². The monoisotopic (exact) mass is 282 g/mol. The predicted octanol–water partition coefficient (Wildman–Crippen LogP) is 2.18. The van der Waals surface area contributed by atoms with Crippen molar-refractivity contribution in [3.63, 3.8) is 0 Å². The van der Waals surface area contributed by atoms with Gasteiger partial charge in [0.05, 0.1) is 7.11 Å². The fourth-order valence-electron chi connectivity index (χ4n) is 1.85. The first kappa shape index (κ1) is 16.4. The zero-order valence-corrected chi connectivity index (χ0v) is 12.9. The van der Waals surface area contributed by atoms with Crippen LogP contribution in [0.15, 0.2) is 0 Å². The Hall–Kier alpha value is -1.63. The number of anilines is 2. The van der Waals surface area contributed by atoms with Crippen molar-refractivity contribution in [2.45, 2.75) is 46.5 Å². The largest absolute Gasteiger partial charge is 0.467 e. The lowest BCUT2D eigenvalue weighted by Gasteiger charge is -2.25. The van der Waals surface area contributed by atoms with Crippen LogP contribution in [0.25, 0.3) is 0 Å². The minimum atomic E-state index is 0.186. The van der Waals surface area contributed by atoms with Crippen LogP contribution >= 0.6 is 0 Å². The van der Waals surface area contributed by atoms with Gasteiger partial charge in [0.15, 0.2) is 0 Å². The van der Waals surface area contributed by atoms with Gasteiger partial charge in [0.25, 0.3) is 0 Å². The zero-order valence-electron chi connectivity index (χ0n) is 12.9. The van der Waals surface area contributed by atoms with Crippen LogP contribution in [0.1, 0.15) is 46.5 Å². The molecule has 1 aromatic rings. The summed E-state index contributed by atoms with van der Waals surface area (Å²) in [6.07, 6.45) is 4.91. The summed E-state index contributed by atoms with van der Waals surface area (Å²) >= 11 is 0. The highest BCUT2D eigenvalue weighted by Gasteiger charge is 2.18. The molecule has 0 aliphatic heterocycles. The molecule has 114 valence electrons. The summed E-state index contributed by atoms with van der Waals surface area (Å²) in [5.41, 5.74) is 2.58. The third-order valence-corrected chi connectivity index (χ3v) is 3.11. The van der Waals surface area contributed by atoms with Gasteiger partial charge in [-0.25, -0.2) is 5.84 Å². The second-order valence-corrected chi connectivity index (χ2v) is 5.59. The van der Waals surface area contributed by atoms with Crippen molar-refractivity contribution in [3.05, 3.63) is 0 Å². The number of hydrogen-bond acceptors (Lipinski definition) is 7. The second kappa shape index (κ2) is 7.84. The Bertz CT molecular complexity index is 388. The molecular formula is C13H26N6O. The number of nitrogens with one attached hydrogen (secondary N) is 2. The molecule has 4 N–H and O–H groups in total. The highest BCUT2D eigenvalue weighted by Crippen LogP contribution is 2.24. The van der Waals surface area contributed by atoms with E-state index in [4.69, 9.17) is 10.6 Å². The highest BCUT2D eigenvalue weighted by atomic mass is 16.5. The molecule has 1 rings (SSSR count). The predicted molar refractivity (Wildman–Crippen MR) is 80.6 cm³/mol. The quantitative estimate of drug-likeness (QED) is 0.363. The summed E-state index contributed by atoms with van der Waals surface area (Å²) in [5, 5.41) is 3.22. The van der Waals surface area contributed by atoms with E-state index >= 15 is 0 Å². The van der Waals surface area contributed by atoms with E-state index in [1.807, 2.05) is 0 Å². The average molecular weight is 282 g/mol. The number of methoxy groups -OCH3 is 1. The average Bonchev–Trinajstić information content (AvgIpc) is 2.45. The molecule has 0 aromatic carbocycles. The molecule has 0 aliphatic rings. The summed E-state index contributed by atoms with van der Waals surface area (Å²) < 4.78 is 5.01. The minimum Gasteiger partial charge on any atom is -0.467 e. The molecule has 0 saturated heterocycles. The summed E-state index contributed by atoms with van der Waals surface area (Å²) in [5.74, 6) is 6.07. The highest BCUT2D eigenvalue weighted by molar-refractivity contribution is 5.35. The topological polar surface area (TPSA) is 98.0 Å². The lowest BCUT2D eigenvalue weighted by atomic mass is 9.87. The van der Waals surface area contributed by atoms with E-state index < -0.39 is 0 Å². The van der Waals surface area contributed by atoms with Crippen LogP contribution < -0.4 is 21.3 Å². The van der Waals surface area contributed by atoms with Crippen molar-refractivity contribution < 1.29 is 4.74 Å². The van der Waals surface area contributed by atoms with Crippen molar-refractivity contribution in [1.82, 2.24) is 15.0 Å². The maximum absolute atomic E-state index is 5.32. The van der Waals surface area contributed by atoms with Gasteiger partial charge in [-0.3, -0.25) is 5.43 Å². The van der Waals surface area contributed by atoms with E-state index in [1.54, 1.807) is 0 Å². The van der Waals surface area contributed by atoms with Crippen molar-refractivity contribution in [1.29, 1.82) is 0 Å². The van der Waals surface area contributed by atoms with Gasteiger partial charge in [0.1, 0.15) is 0 Å². The van der Waals surface area contributed by atoms with E-state index in [2.05, 4.69) is 46.5 Å². The Morgan fingerprint density at radius 1 is 1.15 bits per heavy atom. The van der Waals surface area contributed by atoms with Crippen LogP contribution in [-0.2, 0) is 0 Å². The third-order valence-electron chi connectivity index (χ3n) is 3.11. The molecule has 0 spiro atoms. The van der Waals surface area contributed by atoms with Gasteiger partial charge in [-0.15, -0.1) is 0 Å². The zero-order chi connectivity index (χ0) is 15.0. The Morgan fingerprint density at radius 3 is 2.45 bits per heavy atom. The Kier molecular flexibility index (Phi) is 6.44. The van der Waals surface area contributed by atoms with Gasteiger partial charge >= 0.3 is 6.01 Å².